The van der Waals surface area contributed by atoms with Gasteiger partial charge in [0.1, 0.15) is 33.4 Å². The molecule has 0 fully saturated rings. The second-order valence-corrected chi connectivity index (χ2v) is 8.82. The van der Waals surface area contributed by atoms with E-state index in [1.165, 1.54) is 50.6 Å². The fraction of sp³-hybridized carbons (Fsp3) is 0.0833. The Balaban J connectivity index is 1.78. The fourth-order valence-electron chi connectivity index (χ4n) is 3.22. The Morgan fingerprint density at radius 2 is 1.77 bits per heavy atom. The Labute approximate surface area is 199 Å². The zero-order valence-electron chi connectivity index (χ0n) is 18.6. The Morgan fingerprint density at radius 1 is 0.971 bits per heavy atom. The monoisotopic (exact) mass is 497 g/mol. The van der Waals surface area contributed by atoms with Gasteiger partial charge in [-0.3, -0.25) is 4.79 Å². The molecule has 2 N–H and O–H groups in total. The highest BCUT2D eigenvalue weighted by Crippen LogP contribution is 2.28. The van der Waals surface area contributed by atoms with Crippen LogP contribution in [0.5, 0.6) is 11.5 Å². The van der Waals surface area contributed by atoms with Crippen molar-refractivity contribution in [3.8, 4) is 11.5 Å². The minimum Gasteiger partial charge on any atom is -0.497 e. The first kappa shape index (κ1) is 23.8. The molecule has 0 unspecified atom stereocenters. The van der Waals surface area contributed by atoms with Crippen LogP contribution in [0.25, 0.3) is 11.0 Å². The third-order valence-electron chi connectivity index (χ3n) is 4.91. The first-order valence-electron chi connectivity index (χ1n) is 10.2. The van der Waals surface area contributed by atoms with Gasteiger partial charge < -0.3 is 19.2 Å². The summed E-state index contributed by atoms with van der Waals surface area (Å²) in [7, 11) is -1.54. The van der Waals surface area contributed by atoms with Gasteiger partial charge in [-0.05, 0) is 42.5 Å². The van der Waals surface area contributed by atoms with Crippen LogP contribution < -0.4 is 25.2 Å². The number of fused-ring (bicyclic) bond motifs is 1. The van der Waals surface area contributed by atoms with Crippen LogP contribution in [-0.4, -0.2) is 28.5 Å². The Bertz CT molecular complexity index is 1580. The number of amides is 1. The summed E-state index contributed by atoms with van der Waals surface area (Å²) in [5.41, 5.74) is 0.193. The number of carbonyl (C=O) groups excluding carboxylic acids is 1. The lowest BCUT2D eigenvalue weighted by molar-refractivity contribution is 0.102. The van der Waals surface area contributed by atoms with Crippen molar-refractivity contribution in [2.45, 2.75) is 4.90 Å². The molecule has 0 saturated carbocycles. The number of hydrogen-bond donors (Lipinski definition) is 2. The summed E-state index contributed by atoms with van der Waals surface area (Å²) in [5, 5.41) is 7.01. The third-order valence-corrected chi connectivity index (χ3v) is 6.14. The Hall–Kier alpha value is -4.38. The van der Waals surface area contributed by atoms with Gasteiger partial charge in [0.2, 0.25) is 5.55 Å². The average Bonchev–Trinajstić information content (AvgIpc) is 2.86. The van der Waals surface area contributed by atoms with Crippen molar-refractivity contribution in [1.82, 2.24) is 4.83 Å². The zero-order valence-corrected chi connectivity index (χ0v) is 19.4. The molecule has 0 bridgehead atoms. The van der Waals surface area contributed by atoms with Crippen LogP contribution in [0.2, 0.25) is 0 Å². The minimum atomic E-state index is -4.26. The number of para-hydroxylation sites is 1. The molecular formula is C24H20FN3O6S. The zero-order chi connectivity index (χ0) is 25.0. The number of carbonyl (C=O) groups is 1. The standard InChI is InChI=1S/C24H20FN3O6S/c1-32-18-10-11-21(33-2)22(14-18)35(30,31)28-27-24-19(12-15-6-3-4-9-20(15)34-24)23(29)26-17-8-5-7-16(25)13-17/h3-14,28H,1-2H3,(H,26,29)/b27-24+. The van der Waals surface area contributed by atoms with Crippen LogP contribution in [0.4, 0.5) is 10.1 Å². The van der Waals surface area contributed by atoms with E-state index in [9.17, 15) is 17.6 Å². The number of ether oxygens (including phenoxy) is 2. The topological polar surface area (TPSA) is 119 Å². The number of halogens is 1. The van der Waals surface area contributed by atoms with E-state index >= 15 is 0 Å². The minimum absolute atomic E-state index is 0.0630. The highest BCUT2D eigenvalue weighted by atomic mass is 32.2. The van der Waals surface area contributed by atoms with Crippen molar-refractivity contribution in [2.24, 2.45) is 5.10 Å². The molecule has 1 amide bonds. The summed E-state index contributed by atoms with van der Waals surface area (Å²) in [6.07, 6.45) is 0. The van der Waals surface area contributed by atoms with Crippen molar-refractivity contribution in [2.75, 3.05) is 19.5 Å². The molecule has 9 nitrogen and oxygen atoms in total. The second-order valence-electron chi connectivity index (χ2n) is 7.19. The number of nitrogens with one attached hydrogen (secondary N) is 2. The highest BCUT2D eigenvalue weighted by molar-refractivity contribution is 7.89. The van der Waals surface area contributed by atoms with E-state index in [1.807, 2.05) is 0 Å². The Morgan fingerprint density at radius 3 is 2.51 bits per heavy atom. The molecule has 0 aliphatic rings. The largest absolute Gasteiger partial charge is 0.497 e. The smallest absolute Gasteiger partial charge is 0.280 e. The van der Waals surface area contributed by atoms with Crippen molar-refractivity contribution in [1.29, 1.82) is 0 Å². The van der Waals surface area contributed by atoms with Crippen molar-refractivity contribution in [3.63, 3.8) is 0 Å². The number of methoxy groups -OCH3 is 2. The lowest BCUT2D eigenvalue weighted by Gasteiger charge is -2.11. The van der Waals surface area contributed by atoms with Gasteiger partial charge in [-0.1, -0.05) is 24.3 Å². The van der Waals surface area contributed by atoms with E-state index < -0.39 is 21.7 Å². The van der Waals surface area contributed by atoms with E-state index in [-0.39, 0.29) is 33.2 Å². The molecule has 180 valence electrons. The van der Waals surface area contributed by atoms with E-state index in [0.717, 1.165) is 6.07 Å². The summed E-state index contributed by atoms with van der Waals surface area (Å²) < 4.78 is 55.5. The summed E-state index contributed by atoms with van der Waals surface area (Å²) in [5.74, 6) is -0.859. The second kappa shape index (κ2) is 9.85. The van der Waals surface area contributed by atoms with E-state index in [1.54, 1.807) is 30.3 Å². The lowest BCUT2D eigenvalue weighted by Crippen LogP contribution is -2.27. The quantitative estimate of drug-likeness (QED) is 0.377. The van der Waals surface area contributed by atoms with Gasteiger partial charge in [0.15, 0.2) is 0 Å². The van der Waals surface area contributed by atoms with Gasteiger partial charge in [-0.15, -0.1) is 5.10 Å². The van der Waals surface area contributed by atoms with Crippen molar-refractivity contribution >= 4 is 32.6 Å². The van der Waals surface area contributed by atoms with Gasteiger partial charge >= 0.3 is 0 Å². The van der Waals surface area contributed by atoms with Crippen LogP contribution in [0, 0.1) is 5.82 Å². The van der Waals surface area contributed by atoms with E-state index in [2.05, 4.69) is 15.2 Å². The molecule has 35 heavy (non-hydrogen) atoms. The molecule has 4 aromatic rings. The first-order valence-corrected chi connectivity index (χ1v) is 11.7. The molecule has 0 aliphatic carbocycles. The SMILES string of the molecule is COc1ccc(OC)c(S(=O)(=O)N/N=c2/oc3ccccc3cc2C(=O)Nc2cccc(F)c2)c1. The molecule has 1 heterocycles. The number of nitrogens with zero attached hydrogens (tertiary/aromatic N) is 1. The number of sulfonamides is 1. The fourth-order valence-corrected chi connectivity index (χ4v) is 4.21. The molecule has 0 radical (unpaired) electrons. The van der Waals surface area contributed by atoms with Crippen LogP contribution in [0.15, 0.2) is 87.2 Å². The molecule has 0 saturated heterocycles. The lowest BCUT2D eigenvalue weighted by atomic mass is 10.1. The Kier molecular flexibility index (Phi) is 6.69. The number of hydrogen-bond acceptors (Lipinski definition) is 7. The predicted molar refractivity (Wildman–Crippen MR) is 126 cm³/mol. The maximum atomic E-state index is 13.6. The van der Waals surface area contributed by atoms with Crippen LogP contribution in [-0.2, 0) is 10.0 Å². The van der Waals surface area contributed by atoms with E-state index in [0.29, 0.717) is 11.0 Å². The summed E-state index contributed by atoms with van der Waals surface area (Å²) in [6.45, 7) is 0. The third kappa shape index (κ3) is 5.25. The van der Waals surface area contributed by atoms with Gasteiger partial charge in [0.05, 0.1) is 14.2 Å². The average molecular weight is 498 g/mol. The van der Waals surface area contributed by atoms with Crippen LogP contribution in [0.3, 0.4) is 0 Å². The van der Waals surface area contributed by atoms with Gasteiger partial charge in [0, 0.05) is 17.1 Å². The summed E-state index contributed by atoms with van der Waals surface area (Å²) in [4.78, 5) is 14.9. The summed E-state index contributed by atoms with van der Waals surface area (Å²) in [6, 6.07) is 17.9. The molecule has 0 aliphatic heterocycles. The van der Waals surface area contributed by atoms with Crippen molar-refractivity contribution in [3.05, 3.63) is 89.7 Å². The van der Waals surface area contributed by atoms with Crippen molar-refractivity contribution < 1.29 is 31.5 Å². The van der Waals surface area contributed by atoms with Gasteiger partial charge in [-0.2, -0.15) is 13.2 Å². The van der Waals surface area contributed by atoms with Crippen LogP contribution >= 0.6 is 0 Å². The maximum Gasteiger partial charge on any atom is 0.280 e. The van der Waals surface area contributed by atoms with Gasteiger partial charge in [0.25, 0.3) is 15.9 Å². The number of anilines is 1. The normalized spacial score (nSPS) is 11.8. The van der Waals surface area contributed by atoms with Crippen LogP contribution in [0.1, 0.15) is 10.4 Å². The highest BCUT2D eigenvalue weighted by Gasteiger charge is 2.21. The predicted octanol–water partition coefficient (Wildman–Crippen LogP) is 3.64. The molecule has 1 aromatic heterocycles. The number of rotatable bonds is 7. The van der Waals surface area contributed by atoms with E-state index in [4.69, 9.17) is 13.9 Å². The first-order chi connectivity index (χ1) is 16.8. The maximum absolute atomic E-state index is 13.6. The molecule has 0 atom stereocenters. The van der Waals surface area contributed by atoms with Gasteiger partial charge in [-0.25, -0.2) is 4.39 Å². The molecule has 11 heteroatoms. The molecule has 3 aromatic carbocycles. The summed E-state index contributed by atoms with van der Waals surface area (Å²) >= 11 is 0. The molecule has 0 spiro atoms. The molecule has 4 rings (SSSR count). The number of benzene rings is 3. The molecular weight excluding hydrogens is 477 g/mol.